The minimum atomic E-state index is -1.28. The molecule has 0 radical (unpaired) electrons. The highest BCUT2D eigenvalue weighted by Crippen LogP contribution is 2.31. The predicted octanol–water partition coefficient (Wildman–Crippen LogP) is 3.91. The van der Waals surface area contributed by atoms with Crippen molar-refractivity contribution in [2.24, 2.45) is 0 Å². The fourth-order valence-electron chi connectivity index (χ4n) is 2.56. The second-order valence-corrected chi connectivity index (χ2v) is 5.84. The molecule has 9 heteroatoms. The SMILES string of the molecule is O=C(/C=C/c1ccc(-c2ccccc2[N+](=O)[O-])o1)Nc1ccc(C(=O)O)c(O)c1. The summed E-state index contributed by atoms with van der Waals surface area (Å²) in [6, 6.07) is 12.9. The molecule has 0 saturated carbocycles. The molecule has 0 bridgehead atoms. The zero-order valence-corrected chi connectivity index (χ0v) is 14.7. The molecular weight excluding hydrogens is 380 g/mol. The van der Waals surface area contributed by atoms with Gasteiger partial charge in [0.1, 0.15) is 22.8 Å². The van der Waals surface area contributed by atoms with Crippen molar-refractivity contribution in [1.29, 1.82) is 0 Å². The van der Waals surface area contributed by atoms with Gasteiger partial charge in [-0.2, -0.15) is 0 Å². The van der Waals surface area contributed by atoms with Crippen molar-refractivity contribution in [3.05, 3.63) is 82.1 Å². The van der Waals surface area contributed by atoms with E-state index in [-0.39, 0.29) is 22.7 Å². The van der Waals surface area contributed by atoms with Crippen LogP contribution in [0, 0.1) is 10.1 Å². The number of para-hydroxylation sites is 1. The molecule has 2 aromatic carbocycles. The Hall–Kier alpha value is -4.40. The number of phenols is 1. The number of carboxylic acids is 1. The molecule has 1 aromatic heterocycles. The summed E-state index contributed by atoms with van der Waals surface area (Å²) in [6.07, 6.45) is 2.54. The van der Waals surface area contributed by atoms with Gasteiger partial charge in [-0.15, -0.1) is 0 Å². The van der Waals surface area contributed by atoms with Crippen molar-refractivity contribution in [3.8, 4) is 17.1 Å². The number of anilines is 1. The topological polar surface area (TPSA) is 143 Å². The zero-order valence-electron chi connectivity index (χ0n) is 14.7. The van der Waals surface area contributed by atoms with Gasteiger partial charge in [0.15, 0.2) is 0 Å². The third kappa shape index (κ3) is 4.48. The summed E-state index contributed by atoms with van der Waals surface area (Å²) >= 11 is 0. The Morgan fingerprint density at radius 3 is 2.55 bits per heavy atom. The molecule has 0 fully saturated rings. The quantitative estimate of drug-likeness (QED) is 0.327. The lowest BCUT2D eigenvalue weighted by Gasteiger charge is -2.04. The van der Waals surface area contributed by atoms with Gasteiger partial charge >= 0.3 is 5.97 Å². The third-order valence-corrected chi connectivity index (χ3v) is 3.89. The minimum absolute atomic E-state index is 0.0975. The van der Waals surface area contributed by atoms with Gasteiger partial charge in [-0.3, -0.25) is 14.9 Å². The number of nitrogens with one attached hydrogen (secondary N) is 1. The van der Waals surface area contributed by atoms with E-state index in [1.165, 1.54) is 30.4 Å². The number of carbonyl (C=O) groups excluding carboxylic acids is 1. The first-order chi connectivity index (χ1) is 13.8. The number of hydrogen-bond acceptors (Lipinski definition) is 6. The van der Waals surface area contributed by atoms with Gasteiger partial charge in [-0.1, -0.05) is 12.1 Å². The van der Waals surface area contributed by atoms with Crippen molar-refractivity contribution >= 4 is 29.3 Å². The van der Waals surface area contributed by atoms with E-state index in [4.69, 9.17) is 9.52 Å². The summed E-state index contributed by atoms with van der Waals surface area (Å²) < 4.78 is 5.55. The molecule has 146 valence electrons. The number of hydrogen-bond donors (Lipinski definition) is 3. The average Bonchev–Trinajstić information content (AvgIpc) is 3.15. The molecule has 0 aliphatic heterocycles. The molecule has 3 rings (SSSR count). The Bertz CT molecular complexity index is 1130. The van der Waals surface area contributed by atoms with Gasteiger partial charge < -0.3 is 19.9 Å². The van der Waals surface area contributed by atoms with Crippen molar-refractivity contribution in [2.75, 3.05) is 5.32 Å². The van der Waals surface area contributed by atoms with Crippen LogP contribution in [0.5, 0.6) is 5.75 Å². The number of carboxylic acid groups (broad SMARTS) is 1. The maximum absolute atomic E-state index is 12.0. The first kappa shape index (κ1) is 19.4. The first-order valence-electron chi connectivity index (χ1n) is 8.24. The number of aromatic carboxylic acids is 1. The summed E-state index contributed by atoms with van der Waals surface area (Å²) in [5.74, 6) is -1.72. The van der Waals surface area contributed by atoms with Gasteiger partial charge in [0.05, 0.1) is 10.5 Å². The van der Waals surface area contributed by atoms with Crippen molar-refractivity contribution in [3.63, 3.8) is 0 Å². The molecule has 3 N–H and O–H groups in total. The molecule has 9 nitrogen and oxygen atoms in total. The fraction of sp³-hybridized carbons (Fsp3) is 0. The highest BCUT2D eigenvalue weighted by atomic mass is 16.6. The van der Waals surface area contributed by atoms with Crippen molar-refractivity contribution in [1.82, 2.24) is 0 Å². The lowest BCUT2D eigenvalue weighted by Crippen LogP contribution is -2.08. The number of amides is 1. The van der Waals surface area contributed by atoms with Crippen LogP contribution in [0.15, 0.2) is 65.1 Å². The number of nitro groups is 1. The maximum Gasteiger partial charge on any atom is 0.339 e. The predicted molar refractivity (Wildman–Crippen MR) is 104 cm³/mol. The number of rotatable bonds is 6. The lowest BCUT2D eigenvalue weighted by molar-refractivity contribution is -0.384. The van der Waals surface area contributed by atoms with Crippen LogP contribution < -0.4 is 5.32 Å². The molecule has 0 aliphatic carbocycles. The molecule has 0 atom stereocenters. The van der Waals surface area contributed by atoms with Crippen LogP contribution in [0.1, 0.15) is 16.1 Å². The highest BCUT2D eigenvalue weighted by Gasteiger charge is 2.16. The summed E-state index contributed by atoms with van der Waals surface area (Å²) in [6.45, 7) is 0. The van der Waals surface area contributed by atoms with Gasteiger partial charge in [0, 0.05) is 23.9 Å². The van der Waals surface area contributed by atoms with Crippen molar-refractivity contribution < 1.29 is 29.1 Å². The van der Waals surface area contributed by atoms with Crippen LogP contribution in [0.4, 0.5) is 11.4 Å². The number of nitrogens with zero attached hydrogens (tertiary/aromatic N) is 1. The Morgan fingerprint density at radius 1 is 1.10 bits per heavy atom. The maximum atomic E-state index is 12.0. The molecule has 0 aliphatic rings. The Labute approximate surface area is 163 Å². The van der Waals surface area contributed by atoms with E-state index < -0.39 is 22.5 Å². The molecule has 29 heavy (non-hydrogen) atoms. The Balaban J connectivity index is 1.71. The van der Waals surface area contributed by atoms with Crippen LogP contribution in [-0.2, 0) is 4.79 Å². The van der Waals surface area contributed by atoms with E-state index in [1.807, 2.05) is 0 Å². The van der Waals surface area contributed by atoms with E-state index in [1.54, 1.807) is 30.3 Å². The molecule has 1 amide bonds. The zero-order chi connectivity index (χ0) is 21.0. The smallest absolute Gasteiger partial charge is 0.339 e. The molecule has 3 aromatic rings. The summed E-state index contributed by atoms with van der Waals surface area (Å²) in [4.78, 5) is 33.5. The number of furan rings is 1. The standard InChI is InChI=1S/C20H14N2O7/c23-17-11-12(5-8-15(17)20(25)26)21-19(24)10-7-13-6-9-18(29-13)14-3-1-2-4-16(14)22(27)28/h1-11,23H,(H,21,24)(H,25,26)/b10-7+. The molecule has 1 heterocycles. The number of carbonyl (C=O) groups is 2. The summed E-state index contributed by atoms with van der Waals surface area (Å²) in [7, 11) is 0. The molecule has 0 unspecified atom stereocenters. The summed E-state index contributed by atoms with van der Waals surface area (Å²) in [5.41, 5.74) is 0.147. The van der Waals surface area contributed by atoms with E-state index in [2.05, 4.69) is 5.32 Å². The molecular formula is C20H14N2O7. The van der Waals surface area contributed by atoms with Gasteiger partial charge in [0.25, 0.3) is 5.69 Å². The van der Waals surface area contributed by atoms with Crippen LogP contribution in [0.3, 0.4) is 0 Å². The highest BCUT2D eigenvalue weighted by molar-refractivity contribution is 6.02. The largest absolute Gasteiger partial charge is 0.507 e. The van der Waals surface area contributed by atoms with Crippen molar-refractivity contribution in [2.45, 2.75) is 0 Å². The monoisotopic (exact) mass is 394 g/mol. The lowest BCUT2D eigenvalue weighted by atomic mass is 10.1. The van der Waals surface area contributed by atoms with Crippen LogP contribution >= 0.6 is 0 Å². The number of aromatic hydroxyl groups is 1. The first-order valence-corrected chi connectivity index (χ1v) is 8.24. The number of nitro benzene ring substituents is 1. The van der Waals surface area contributed by atoms with E-state index in [0.717, 1.165) is 6.07 Å². The second kappa shape index (κ2) is 8.09. The molecule has 0 saturated heterocycles. The third-order valence-electron chi connectivity index (χ3n) is 3.89. The Kier molecular flexibility index (Phi) is 5.40. The van der Waals surface area contributed by atoms with E-state index >= 15 is 0 Å². The average molecular weight is 394 g/mol. The van der Waals surface area contributed by atoms with Gasteiger partial charge in [-0.25, -0.2) is 4.79 Å². The van der Waals surface area contributed by atoms with Gasteiger partial charge in [-0.05, 0) is 36.4 Å². The van der Waals surface area contributed by atoms with Crippen LogP contribution in [-0.4, -0.2) is 27.0 Å². The minimum Gasteiger partial charge on any atom is -0.507 e. The van der Waals surface area contributed by atoms with Gasteiger partial charge in [0.2, 0.25) is 5.91 Å². The normalized spacial score (nSPS) is 10.8. The summed E-state index contributed by atoms with van der Waals surface area (Å²) in [5, 5.41) is 32.1. The van der Waals surface area contributed by atoms with E-state index in [9.17, 15) is 24.8 Å². The van der Waals surface area contributed by atoms with Crippen LogP contribution in [0.2, 0.25) is 0 Å². The fourth-order valence-corrected chi connectivity index (χ4v) is 2.56. The molecule has 0 spiro atoms. The Morgan fingerprint density at radius 2 is 1.86 bits per heavy atom. The van der Waals surface area contributed by atoms with Crippen LogP contribution in [0.25, 0.3) is 17.4 Å². The number of benzene rings is 2. The van der Waals surface area contributed by atoms with E-state index in [0.29, 0.717) is 11.3 Å². The second-order valence-electron chi connectivity index (χ2n) is 5.84.